The molecule has 0 aliphatic heterocycles. The summed E-state index contributed by atoms with van der Waals surface area (Å²) in [5.74, 6) is 15.2. The molecule has 0 fully saturated rings. The fourth-order valence-corrected chi connectivity index (χ4v) is 9.11. The van der Waals surface area contributed by atoms with Gasteiger partial charge in [-0.1, -0.05) is 125 Å². The van der Waals surface area contributed by atoms with Crippen LogP contribution in [-0.4, -0.2) is 24.1 Å². The molecule has 0 saturated carbocycles. The summed E-state index contributed by atoms with van der Waals surface area (Å²) in [6.45, 7) is 0. The molecule has 6 heteroatoms. The molecule has 0 saturated heterocycles. The van der Waals surface area contributed by atoms with Crippen LogP contribution in [0.15, 0.2) is 223 Å². The fourth-order valence-electron chi connectivity index (χ4n) is 8.85. The SMILES string of the molecule is Brc1ccc(-c2nc(-c3ccc(C#Cc4ccc(-n5c6ccccc6c6ccccc65)cc4)cc3)nc(-c3ccc(C#Cc4ccc(-n5c6ccccc6c6ccccc65)cc4)cc3)n2)cc1. The molecule has 3 heterocycles. The van der Waals surface area contributed by atoms with Crippen molar-refractivity contribution in [3.63, 3.8) is 0 Å². The third-order valence-electron chi connectivity index (χ3n) is 12.1. The lowest BCUT2D eigenvalue weighted by Gasteiger charge is -2.09. The van der Waals surface area contributed by atoms with Crippen molar-refractivity contribution in [3.8, 4) is 69.2 Å². The predicted molar refractivity (Wildman–Crippen MR) is 277 cm³/mol. The first-order chi connectivity index (χ1) is 33.1. The molecule has 0 aliphatic carbocycles. The number of hydrogen-bond acceptors (Lipinski definition) is 3. The Morgan fingerprint density at radius 1 is 0.284 bits per heavy atom. The number of fused-ring (bicyclic) bond motifs is 6. The lowest BCUT2D eigenvalue weighted by atomic mass is 10.1. The average molecular weight is 919 g/mol. The molecule has 0 spiro atoms. The molecular weight excluding hydrogens is 883 g/mol. The highest BCUT2D eigenvalue weighted by atomic mass is 79.9. The molecule has 12 aromatic rings. The Balaban J connectivity index is 0.793. The third-order valence-corrected chi connectivity index (χ3v) is 12.7. The number of halogens is 1. The van der Waals surface area contributed by atoms with Crippen molar-refractivity contribution in [1.29, 1.82) is 0 Å². The number of nitrogens with zero attached hydrogens (tertiary/aromatic N) is 5. The number of para-hydroxylation sites is 4. The van der Waals surface area contributed by atoms with Gasteiger partial charge in [-0.3, -0.25) is 0 Å². The van der Waals surface area contributed by atoms with Crippen LogP contribution in [0, 0.1) is 23.7 Å². The molecule has 0 aliphatic rings. The van der Waals surface area contributed by atoms with E-state index < -0.39 is 0 Å². The minimum absolute atomic E-state index is 0.580. The van der Waals surface area contributed by atoms with Crippen molar-refractivity contribution >= 4 is 59.5 Å². The van der Waals surface area contributed by atoms with Crippen LogP contribution in [-0.2, 0) is 0 Å². The molecule has 0 radical (unpaired) electrons. The van der Waals surface area contributed by atoms with E-state index in [2.05, 4.69) is 194 Å². The monoisotopic (exact) mass is 917 g/mol. The largest absolute Gasteiger partial charge is 0.309 e. The predicted octanol–water partition coefficient (Wildman–Crippen LogP) is 14.6. The molecule has 12 rings (SSSR count). The van der Waals surface area contributed by atoms with Gasteiger partial charge >= 0.3 is 0 Å². The maximum Gasteiger partial charge on any atom is 0.164 e. The number of aromatic nitrogens is 5. The van der Waals surface area contributed by atoms with Gasteiger partial charge in [0.05, 0.1) is 22.1 Å². The minimum atomic E-state index is 0.580. The van der Waals surface area contributed by atoms with Crippen molar-refractivity contribution in [2.45, 2.75) is 0 Å². The van der Waals surface area contributed by atoms with E-state index >= 15 is 0 Å². The highest BCUT2D eigenvalue weighted by Gasteiger charge is 2.15. The minimum Gasteiger partial charge on any atom is -0.309 e. The van der Waals surface area contributed by atoms with Crippen LogP contribution in [0.4, 0.5) is 0 Å². The Kier molecular flexibility index (Phi) is 10.1. The Labute approximate surface area is 395 Å². The summed E-state index contributed by atoms with van der Waals surface area (Å²) < 4.78 is 5.61. The molecule has 3 aromatic heterocycles. The Morgan fingerprint density at radius 3 is 0.836 bits per heavy atom. The van der Waals surface area contributed by atoms with Crippen LogP contribution >= 0.6 is 15.9 Å². The average Bonchev–Trinajstić information content (AvgIpc) is 3.91. The maximum atomic E-state index is 4.99. The summed E-state index contributed by atoms with van der Waals surface area (Å²) >= 11 is 3.57. The number of rotatable bonds is 5. The van der Waals surface area contributed by atoms with E-state index in [1.807, 2.05) is 72.8 Å². The Morgan fingerprint density at radius 2 is 0.537 bits per heavy atom. The van der Waals surface area contributed by atoms with E-state index in [0.29, 0.717) is 17.5 Å². The molecule has 0 amide bonds. The Bertz CT molecular complexity index is 3610. The smallest absolute Gasteiger partial charge is 0.164 e. The first kappa shape index (κ1) is 39.8. The van der Waals surface area contributed by atoms with Crippen molar-refractivity contribution < 1.29 is 0 Å². The first-order valence-electron chi connectivity index (χ1n) is 22.0. The third kappa shape index (κ3) is 7.62. The van der Waals surface area contributed by atoms with Gasteiger partial charge in [-0.2, -0.15) is 0 Å². The second kappa shape index (κ2) is 17.0. The zero-order valence-corrected chi connectivity index (χ0v) is 37.5. The van der Waals surface area contributed by atoms with E-state index in [1.54, 1.807) is 0 Å². The molecule has 0 bridgehead atoms. The van der Waals surface area contributed by atoms with Gasteiger partial charge in [0, 0.05) is 76.3 Å². The van der Waals surface area contributed by atoms with Gasteiger partial charge in [0.15, 0.2) is 17.5 Å². The van der Waals surface area contributed by atoms with Crippen molar-refractivity contribution in [2.75, 3.05) is 0 Å². The van der Waals surface area contributed by atoms with E-state index in [-0.39, 0.29) is 0 Å². The lowest BCUT2D eigenvalue weighted by molar-refractivity contribution is 1.07. The van der Waals surface area contributed by atoms with Crippen LogP contribution in [0.1, 0.15) is 22.3 Å². The first-order valence-corrected chi connectivity index (χ1v) is 22.8. The van der Waals surface area contributed by atoms with Crippen LogP contribution in [0.25, 0.3) is 89.2 Å². The second-order valence-corrected chi connectivity index (χ2v) is 17.2. The van der Waals surface area contributed by atoms with E-state index in [4.69, 9.17) is 15.0 Å². The molecule has 5 nitrogen and oxygen atoms in total. The highest BCUT2D eigenvalue weighted by Crippen LogP contribution is 2.34. The van der Waals surface area contributed by atoms with E-state index in [0.717, 1.165) is 54.8 Å². The summed E-state index contributed by atoms with van der Waals surface area (Å²) in [4.78, 5) is 14.9. The maximum absolute atomic E-state index is 4.99. The molecule has 0 unspecified atom stereocenters. The molecule has 9 aromatic carbocycles. The van der Waals surface area contributed by atoms with Crippen LogP contribution in [0.3, 0.4) is 0 Å². The van der Waals surface area contributed by atoms with E-state index in [1.165, 1.54) is 43.6 Å². The lowest BCUT2D eigenvalue weighted by Crippen LogP contribution is -2.00. The summed E-state index contributed by atoms with van der Waals surface area (Å²) in [5.41, 5.74) is 13.3. The quantitative estimate of drug-likeness (QED) is 0.162. The zero-order valence-electron chi connectivity index (χ0n) is 35.9. The molecule has 0 atom stereocenters. The topological polar surface area (TPSA) is 48.5 Å². The summed E-state index contributed by atoms with van der Waals surface area (Å²) in [5, 5.41) is 4.98. The summed E-state index contributed by atoms with van der Waals surface area (Å²) in [6.07, 6.45) is 0. The fraction of sp³-hybridized carbons (Fsp3) is 0. The highest BCUT2D eigenvalue weighted by molar-refractivity contribution is 9.10. The van der Waals surface area contributed by atoms with Crippen molar-refractivity contribution in [1.82, 2.24) is 24.1 Å². The normalized spacial score (nSPS) is 11.1. The van der Waals surface area contributed by atoms with Crippen molar-refractivity contribution in [2.24, 2.45) is 0 Å². The van der Waals surface area contributed by atoms with Crippen LogP contribution < -0.4 is 0 Å². The summed E-state index contributed by atoms with van der Waals surface area (Å²) in [7, 11) is 0. The van der Waals surface area contributed by atoms with Crippen molar-refractivity contribution in [3.05, 3.63) is 245 Å². The summed E-state index contributed by atoms with van der Waals surface area (Å²) in [6, 6.07) is 75.3. The van der Waals surface area contributed by atoms with Gasteiger partial charge in [-0.15, -0.1) is 0 Å². The zero-order chi connectivity index (χ0) is 44.7. The van der Waals surface area contributed by atoms with Gasteiger partial charge in [-0.25, -0.2) is 15.0 Å². The standard InChI is InChI=1S/C61H36BrN5/c62-48-35-33-47(34-36-48)61-64-59(45-29-21-41(22-30-45)17-19-43-25-37-49(38-26-43)66-55-13-5-1-9-51(55)52-10-2-6-14-56(52)66)63-60(65-61)46-31-23-42(24-32-46)18-20-44-27-39-50(40-28-44)67-57-15-7-3-11-53(57)54-12-4-8-16-58(54)67/h1-16,21-40H. The van der Waals surface area contributed by atoms with Gasteiger partial charge in [0.2, 0.25) is 0 Å². The number of hydrogen-bond donors (Lipinski definition) is 0. The van der Waals surface area contributed by atoms with Gasteiger partial charge in [0.25, 0.3) is 0 Å². The van der Waals surface area contributed by atoms with Gasteiger partial charge in [-0.05, 0) is 133 Å². The Hall–Kier alpha value is -8.81. The van der Waals surface area contributed by atoms with Crippen LogP contribution in [0.2, 0.25) is 0 Å². The second-order valence-electron chi connectivity index (χ2n) is 16.3. The van der Waals surface area contributed by atoms with E-state index in [9.17, 15) is 0 Å². The molecule has 67 heavy (non-hydrogen) atoms. The number of benzene rings is 9. The molecule has 312 valence electrons. The van der Waals surface area contributed by atoms with Crippen LogP contribution in [0.5, 0.6) is 0 Å². The molecular formula is C61H36BrN5. The molecule has 0 N–H and O–H groups in total. The van der Waals surface area contributed by atoms with Gasteiger partial charge < -0.3 is 9.13 Å². The van der Waals surface area contributed by atoms with Gasteiger partial charge in [0.1, 0.15) is 0 Å².